The molecule has 10 nitrogen and oxygen atoms in total. The first-order chi connectivity index (χ1) is 22.9. The van der Waals surface area contributed by atoms with Crippen LogP contribution in [0.15, 0.2) is 78.1 Å². The van der Waals surface area contributed by atoms with Crippen LogP contribution in [0.3, 0.4) is 0 Å². The van der Waals surface area contributed by atoms with Gasteiger partial charge in [0, 0.05) is 37.9 Å². The molecule has 0 aliphatic carbocycles. The van der Waals surface area contributed by atoms with Crippen LogP contribution in [0.25, 0.3) is 11.0 Å². The van der Waals surface area contributed by atoms with Crippen LogP contribution in [0.2, 0.25) is 0 Å². The van der Waals surface area contributed by atoms with Gasteiger partial charge in [0.05, 0.1) is 33.4 Å². The Hall–Kier alpha value is -4.16. The number of benzene rings is 2. The van der Waals surface area contributed by atoms with Gasteiger partial charge in [-0.05, 0) is 91.3 Å². The lowest BCUT2D eigenvalue weighted by atomic mass is 9.69. The number of nitrogens with zero attached hydrogens (tertiary/aromatic N) is 6. The van der Waals surface area contributed by atoms with Gasteiger partial charge in [0.15, 0.2) is 0 Å². The van der Waals surface area contributed by atoms with Gasteiger partial charge >= 0.3 is 0 Å². The van der Waals surface area contributed by atoms with E-state index in [-0.39, 0.29) is 17.7 Å². The van der Waals surface area contributed by atoms with E-state index in [0.29, 0.717) is 36.6 Å². The fourth-order valence-electron chi connectivity index (χ4n) is 6.93. The lowest BCUT2D eigenvalue weighted by Crippen LogP contribution is -2.37. The van der Waals surface area contributed by atoms with Gasteiger partial charge in [-0.2, -0.15) is 4.31 Å². The van der Waals surface area contributed by atoms with Crippen LogP contribution in [0.4, 0.5) is 5.69 Å². The second-order valence-corrected chi connectivity index (χ2v) is 15.4. The molecule has 0 saturated carbocycles. The minimum atomic E-state index is -3.29. The molecule has 1 amide bonds. The average Bonchev–Trinajstić information content (AvgIpc) is 3.46. The van der Waals surface area contributed by atoms with E-state index < -0.39 is 16.2 Å². The first kappa shape index (κ1) is 33.7. The Bertz CT molecular complexity index is 1940. The fourth-order valence-corrected chi connectivity index (χ4v) is 8.66. The molecule has 4 heterocycles. The van der Waals surface area contributed by atoms with Crippen LogP contribution in [0.1, 0.15) is 73.5 Å². The zero-order valence-corrected chi connectivity index (χ0v) is 29.3. The van der Waals surface area contributed by atoms with E-state index in [1.54, 1.807) is 36.8 Å². The van der Waals surface area contributed by atoms with E-state index in [0.717, 1.165) is 51.0 Å². The summed E-state index contributed by atoms with van der Waals surface area (Å²) in [6.07, 6.45) is 6.64. The monoisotopic (exact) mass is 667 g/mol. The predicted octanol–water partition coefficient (Wildman–Crippen LogP) is 7.76. The summed E-state index contributed by atoms with van der Waals surface area (Å²) in [5.41, 5.74) is 7.13. The highest BCUT2D eigenvalue weighted by molar-refractivity contribution is 8.22. The third-order valence-electron chi connectivity index (χ3n) is 9.90. The number of nitrogens with one attached hydrogen (secondary N) is 1. The van der Waals surface area contributed by atoms with Gasteiger partial charge in [-0.15, -0.1) is 15.9 Å². The quantitative estimate of drug-likeness (QED) is 0.145. The molecule has 2 unspecified atom stereocenters. The Morgan fingerprint density at radius 3 is 2.60 bits per heavy atom. The van der Waals surface area contributed by atoms with Crippen LogP contribution in [-0.2, 0) is 24.3 Å². The lowest BCUT2D eigenvalue weighted by molar-refractivity contribution is -0.124. The number of rotatable bonds is 9. The van der Waals surface area contributed by atoms with E-state index in [4.69, 9.17) is 0 Å². The summed E-state index contributed by atoms with van der Waals surface area (Å²) in [4.78, 5) is 23.4. The lowest BCUT2D eigenvalue weighted by Gasteiger charge is -2.43. The summed E-state index contributed by atoms with van der Waals surface area (Å²) in [6.45, 7) is 13.8. The number of aryl methyl sites for hydroxylation is 3. The summed E-state index contributed by atoms with van der Waals surface area (Å²) >= 11 is 0. The van der Waals surface area contributed by atoms with E-state index in [1.165, 1.54) is 0 Å². The molecule has 3 aromatic heterocycles. The molecule has 0 spiro atoms. The second-order valence-electron chi connectivity index (χ2n) is 13.4. The highest BCUT2D eigenvalue weighted by Gasteiger charge is 2.41. The van der Waals surface area contributed by atoms with Crippen LogP contribution in [0, 0.1) is 25.2 Å². The first-order valence-electron chi connectivity index (χ1n) is 16.6. The number of anilines is 1. The molecule has 2 atom stereocenters. The summed E-state index contributed by atoms with van der Waals surface area (Å²) in [5.74, 6) is -0.289. The van der Waals surface area contributed by atoms with Crippen molar-refractivity contribution < 1.29 is 13.9 Å². The molecule has 0 bridgehead atoms. The molecule has 2 aromatic carbocycles. The predicted molar refractivity (Wildman–Crippen MR) is 191 cm³/mol. The summed E-state index contributed by atoms with van der Waals surface area (Å²) < 4.78 is 27.2. The van der Waals surface area contributed by atoms with Crippen LogP contribution in [0.5, 0.6) is 0 Å². The third kappa shape index (κ3) is 6.23. The zero-order valence-electron chi connectivity index (χ0n) is 28.5. The molecule has 6 rings (SSSR count). The maximum Gasteiger partial charge on any atom is 0.231 e. The number of amides is 1. The van der Waals surface area contributed by atoms with Crippen molar-refractivity contribution in [2.24, 2.45) is 11.3 Å². The fraction of sp³-hybridized carbons (Fsp3) is 0.378. The van der Waals surface area contributed by atoms with Gasteiger partial charge < -0.3 is 5.32 Å². The van der Waals surface area contributed by atoms with Gasteiger partial charge in [0.25, 0.3) is 0 Å². The van der Waals surface area contributed by atoms with Crippen molar-refractivity contribution in [2.45, 2.75) is 78.3 Å². The molecule has 3 N–H and O–H groups in total. The van der Waals surface area contributed by atoms with Crippen LogP contribution >= 0.6 is 10.8 Å². The number of hydrogen-bond donors (Lipinski definition) is 3. The van der Waals surface area contributed by atoms with E-state index in [2.05, 4.69) is 56.8 Å². The Kier molecular flexibility index (Phi) is 9.41. The number of carbonyl (C=O) groups is 1. The van der Waals surface area contributed by atoms with E-state index in [1.807, 2.05) is 55.7 Å². The average molecular weight is 668 g/mol. The normalized spacial score (nSPS) is 17.8. The Morgan fingerprint density at radius 1 is 1.08 bits per heavy atom. The number of fused-ring (bicyclic) bond motifs is 2. The maximum absolute atomic E-state index is 14.2. The molecule has 1 aliphatic heterocycles. The van der Waals surface area contributed by atoms with Crippen molar-refractivity contribution in [1.82, 2.24) is 29.3 Å². The smallest absolute Gasteiger partial charge is 0.231 e. The SMILES string of the molecule is CCC1Cc2ncccc2S(O)(O)N(Cc2cc(C(c3ccc4c(nnn4CC)c3C)C(C)(C)C(=O)Nc3cccnc3)ccc2C)C1. The van der Waals surface area contributed by atoms with Crippen molar-refractivity contribution in [3.63, 3.8) is 0 Å². The Labute approximate surface area is 284 Å². The largest absolute Gasteiger partial charge is 0.324 e. The molecule has 0 radical (unpaired) electrons. The van der Waals surface area contributed by atoms with Crippen LogP contribution in [-0.4, -0.2) is 50.8 Å². The van der Waals surface area contributed by atoms with Gasteiger partial charge in [-0.1, -0.05) is 56.7 Å². The molecule has 1 aliphatic rings. The highest BCUT2D eigenvalue weighted by Crippen LogP contribution is 2.56. The zero-order chi connectivity index (χ0) is 34.2. The van der Waals surface area contributed by atoms with Gasteiger partial charge in [-0.3, -0.25) is 23.9 Å². The molecule has 252 valence electrons. The Morgan fingerprint density at radius 2 is 1.88 bits per heavy atom. The molecule has 0 fully saturated rings. The summed E-state index contributed by atoms with van der Waals surface area (Å²) in [5, 5.41) is 12.0. The topological polar surface area (TPSA) is 129 Å². The third-order valence-corrected chi connectivity index (χ3v) is 11.9. The molecular weight excluding hydrogens is 623 g/mol. The highest BCUT2D eigenvalue weighted by atomic mass is 32.3. The number of pyridine rings is 2. The summed E-state index contributed by atoms with van der Waals surface area (Å²) in [7, 11) is -3.29. The van der Waals surface area contributed by atoms with Gasteiger partial charge in [0.1, 0.15) is 5.52 Å². The molecule has 48 heavy (non-hydrogen) atoms. The maximum atomic E-state index is 14.2. The van der Waals surface area contributed by atoms with Crippen molar-refractivity contribution >= 4 is 33.4 Å². The standard InChI is InChI=1S/C37H45N7O3S/c1-7-26-19-31-33(12-10-18-39-31)48(46,47)43(22-26)23-28-20-27(14-13-24(28)3)34(37(5,6)36(45)40-29-11-9-17-38-21-29)30-15-16-32-35(25(30)4)41-42-44(32)8-2/h9-18,20-21,26,34,46-47H,7-8,19,22-23H2,1-6H3,(H,40,45). The van der Waals surface area contributed by atoms with Crippen molar-refractivity contribution in [3.8, 4) is 0 Å². The van der Waals surface area contributed by atoms with Gasteiger partial charge in [0.2, 0.25) is 5.91 Å². The number of hydrogen-bond acceptors (Lipinski definition) is 8. The second kappa shape index (κ2) is 13.4. The van der Waals surface area contributed by atoms with Gasteiger partial charge in [-0.25, -0.2) is 4.68 Å². The molecule has 5 aromatic rings. The molecule has 11 heteroatoms. The van der Waals surface area contributed by atoms with E-state index in [9.17, 15) is 13.9 Å². The summed E-state index contributed by atoms with van der Waals surface area (Å²) in [6, 6.07) is 17.6. The Balaban J connectivity index is 1.45. The van der Waals surface area contributed by atoms with E-state index >= 15 is 0 Å². The minimum absolute atomic E-state index is 0.143. The van der Waals surface area contributed by atoms with Crippen molar-refractivity contribution in [1.29, 1.82) is 0 Å². The number of aromatic nitrogens is 5. The minimum Gasteiger partial charge on any atom is -0.324 e. The first-order valence-corrected chi connectivity index (χ1v) is 18.1. The van der Waals surface area contributed by atoms with Crippen LogP contribution < -0.4 is 5.32 Å². The molecule has 0 saturated heterocycles. The van der Waals surface area contributed by atoms with Crippen molar-refractivity contribution in [2.75, 3.05) is 11.9 Å². The number of carbonyl (C=O) groups excluding carboxylic acids is 1. The molecular formula is C37H45N7O3S. The van der Waals surface area contributed by atoms with Crippen molar-refractivity contribution in [3.05, 3.63) is 107 Å².